The maximum Gasteiger partial charge on any atom is 0.332 e. The Kier molecular flexibility index (Phi) is 5.30. The normalized spacial score (nSPS) is 12.2. The summed E-state index contributed by atoms with van der Waals surface area (Å²) in [6.07, 6.45) is 0.0170. The van der Waals surface area contributed by atoms with E-state index in [1.165, 1.54) is 0 Å². The number of carbonyl (C=O) groups is 2. The topological polar surface area (TPSA) is 74.6 Å². The fourth-order valence-corrected chi connectivity index (χ4v) is 1.95. The number of rotatable bonds is 6. The molecule has 0 atom stereocenters. The molecule has 1 aromatic carbocycles. The zero-order valence-electron chi connectivity index (χ0n) is 11.1. The quantitative estimate of drug-likeness (QED) is 0.773. The van der Waals surface area contributed by atoms with Crippen molar-refractivity contribution in [2.24, 2.45) is 5.92 Å². The summed E-state index contributed by atoms with van der Waals surface area (Å²) < 4.78 is 0. The van der Waals surface area contributed by atoms with E-state index in [1.807, 2.05) is 44.2 Å². The molecule has 0 fully saturated rings. The summed E-state index contributed by atoms with van der Waals surface area (Å²) in [6.45, 7) is 3.76. The molecule has 0 aromatic heterocycles. The van der Waals surface area contributed by atoms with Crippen molar-refractivity contribution >= 4 is 11.9 Å². The predicted molar refractivity (Wildman–Crippen MR) is 71.9 cm³/mol. The summed E-state index contributed by atoms with van der Waals surface area (Å²) in [4.78, 5) is 22.0. The van der Waals surface area contributed by atoms with Gasteiger partial charge in [0.15, 0.2) is 0 Å². The highest BCUT2D eigenvalue weighted by molar-refractivity contribution is 5.93. The van der Waals surface area contributed by atoms with Crippen LogP contribution >= 0.6 is 0 Å². The Hall–Kier alpha value is -2.10. The van der Waals surface area contributed by atoms with Crippen LogP contribution in [0.15, 0.2) is 41.5 Å². The first-order valence-corrected chi connectivity index (χ1v) is 6.12. The molecule has 0 aliphatic heterocycles. The van der Waals surface area contributed by atoms with Crippen LogP contribution in [-0.2, 0) is 16.0 Å². The highest BCUT2D eigenvalue weighted by Gasteiger charge is 2.20. The maximum absolute atomic E-state index is 11.2. The van der Waals surface area contributed by atoms with Crippen LogP contribution in [0, 0.1) is 5.92 Å². The Balaban J connectivity index is 3.15. The molecule has 2 N–H and O–H groups in total. The van der Waals surface area contributed by atoms with E-state index < -0.39 is 18.4 Å². The van der Waals surface area contributed by atoms with Crippen molar-refractivity contribution in [3.05, 3.63) is 47.0 Å². The number of carboxylic acids is 2. The average molecular weight is 262 g/mol. The molecular weight excluding hydrogens is 244 g/mol. The molecule has 0 saturated carbocycles. The van der Waals surface area contributed by atoms with Gasteiger partial charge in [-0.1, -0.05) is 49.8 Å². The lowest BCUT2D eigenvalue weighted by atomic mass is 9.90. The van der Waals surface area contributed by atoms with Crippen molar-refractivity contribution in [2.75, 3.05) is 0 Å². The molecule has 1 aromatic rings. The number of allylic oxidation sites excluding steroid dienone is 1. The summed E-state index contributed by atoms with van der Waals surface area (Å²) >= 11 is 0. The molecule has 0 saturated heterocycles. The number of carboxylic acid groups (broad SMARTS) is 2. The van der Waals surface area contributed by atoms with Crippen LogP contribution in [0.2, 0.25) is 0 Å². The molecule has 4 nitrogen and oxygen atoms in total. The SMILES string of the molecule is CC(C)C(Cc1ccccc1)=C(CC(=O)O)C(=O)O. The van der Waals surface area contributed by atoms with E-state index in [9.17, 15) is 14.7 Å². The molecule has 0 amide bonds. The summed E-state index contributed by atoms with van der Waals surface area (Å²) in [5.74, 6) is -2.28. The minimum absolute atomic E-state index is 0.00801. The lowest BCUT2D eigenvalue weighted by Gasteiger charge is -2.15. The highest BCUT2D eigenvalue weighted by Crippen LogP contribution is 2.22. The average Bonchev–Trinajstić information content (AvgIpc) is 2.34. The molecule has 0 radical (unpaired) electrons. The molecule has 0 aliphatic carbocycles. The lowest BCUT2D eigenvalue weighted by molar-refractivity contribution is -0.139. The lowest BCUT2D eigenvalue weighted by Crippen LogP contribution is -2.14. The Morgan fingerprint density at radius 2 is 1.68 bits per heavy atom. The highest BCUT2D eigenvalue weighted by atomic mass is 16.4. The Bertz CT molecular complexity index is 486. The summed E-state index contributed by atoms with van der Waals surface area (Å²) in [5.41, 5.74) is 1.64. The van der Waals surface area contributed by atoms with Crippen molar-refractivity contribution in [3.8, 4) is 0 Å². The van der Waals surface area contributed by atoms with Crippen LogP contribution in [0.25, 0.3) is 0 Å². The van der Waals surface area contributed by atoms with Crippen LogP contribution < -0.4 is 0 Å². The zero-order valence-corrected chi connectivity index (χ0v) is 11.1. The second-order valence-corrected chi connectivity index (χ2v) is 4.70. The Morgan fingerprint density at radius 3 is 2.11 bits per heavy atom. The molecule has 4 heteroatoms. The molecular formula is C15H18O4. The summed E-state index contributed by atoms with van der Waals surface area (Å²) in [5, 5.41) is 18.0. The van der Waals surface area contributed by atoms with Gasteiger partial charge in [0.05, 0.1) is 6.42 Å². The number of hydrogen-bond donors (Lipinski definition) is 2. The number of benzene rings is 1. The van der Waals surface area contributed by atoms with E-state index >= 15 is 0 Å². The van der Waals surface area contributed by atoms with Gasteiger partial charge in [-0.3, -0.25) is 4.79 Å². The molecule has 102 valence electrons. The van der Waals surface area contributed by atoms with Gasteiger partial charge >= 0.3 is 11.9 Å². The first kappa shape index (κ1) is 15.0. The summed E-state index contributed by atoms with van der Waals surface area (Å²) in [6, 6.07) is 9.46. The molecule has 1 rings (SSSR count). The molecule has 0 heterocycles. The van der Waals surface area contributed by atoms with E-state index in [1.54, 1.807) is 0 Å². The predicted octanol–water partition coefficient (Wildman–Crippen LogP) is 2.74. The maximum atomic E-state index is 11.2. The Labute approximate surface area is 112 Å². The van der Waals surface area contributed by atoms with Crippen molar-refractivity contribution in [1.29, 1.82) is 0 Å². The standard InChI is InChI=1S/C15H18O4/c1-10(2)12(8-11-6-4-3-5-7-11)13(15(18)19)9-14(16)17/h3-7,10H,8-9H2,1-2H3,(H,16,17)(H,18,19). The van der Waals surface area contributed by atoms with Gasteiger partial charge in [0, 0.05) is 5.57 Å². The van der Waals surface area contributed by atoms with Crippen LogP contribution in [0.3, 0.4) is 0 Å². The van der Waals surface area contributed by atoms with Gasteiger partial charge in [-0.2, -0.15) is 0 Å². The fourth-order valence-electron chi connectivity index (χ4n) is 1.95. The molecule has 0 bridgehead atoms. The van der Waals surface area contributed by atoms with Gasteiger partial charge < -0.3 is 10.2 Å². The molecule has 0 unspecified atom stereocenters. The van der Waals surface area contributed by atoms with E-state index in [0.717, 1.165) is 5.56 Å². The minimum Gasteiger partial charge on any atom is -0.481 e. The summed E-state index contributed by atoms with van der Waals surface area (Å²) in [7, 11) is 0. The first-order chi connectivity index (χ1) is 8.91. The van der Waals surface area contributed by atoms with Gasteiger partial charge in [-0.15, -0.1) is 0 Å². The van der Waals surface area contributed by atoms with Gasteiger partial charge in [0.25, 0.3) is 0 Å². The molecule has 0 spiro atoms. The van der Waals surface area contributed by atoms with E-state index in [4.69, 9.17) is 5.11 Å². The third-order valence-corrected chi connectivity index (χ3v) is 2.91. The fraction of sp³-hybridized carbons (Fsp3) is 0.333. The smallest absolute Gasteiger partial charge is 0.332 e. The first-order valence-electron chi connectivity index (χ1n) is 6.12. The van der Waals surface area contributed by atoms with E-state index in [2.05, 4.69) is 0 Å². The second-order valence-electron chi connectivity index (χ2n) is 4.70. The van der Waals surface area contributed by atoms with Gasteiger partial charge in [-0.05, 0) is 17.9 Å². The van der Waals surface area contributed by atoms with Crippen molar-refractivity contribution in [1.82, 2.24) is 0 Å². The second kappa shape index (κ2) is 6.73. The van der Waals surface area contributed by atoms with Crippen molar-refractivity contribution in [3.63, 3.8) is 0 Å². The van der Waals surface area contributed by atoms with Crippen LogP contribution in [0.1, 0.15) is 25.8 Å². The van der Waals surface area contributed by atoms with Crippen molar-refractivity contribution < 1.29 is 19.8 Å². The monoisotopic (exact) mass is 262 g/mol. The van der Waals surface area contributed by atoms with Gasteiger partial charge in [0.1, 0.15) is 0 Å². The van der Waals surface area contributed by atoms with Crippen LogP contribution in [0.4, 0.5) is 0 Å². The third kappa shape index (κ3) is 4.58. The number of hydrogen-bond acceptors (Lipinski definition) is 2. The Morgan fingerprint density at radius 1 is 1.11 bits per heavy atom. The largest absolute Gasteiger partial charge is 0.481 e. The van der Waals surface area contributed by atoms with Crippen LogP contribution in [-0.4, -0.2) is 22.2 Å². The third-order valence-electron chi connectivity index (χ3n) is 2.91. The van der Waals surface area contributed by atoms with Gasteiger partial charge in [-0.25, -0.2) is 4.79 Å². The zero-order chi connectivity index (χ0) is 14.4. The molecule has 0 aliphatic rings. The van der Waals surface area contributed by atoms with Crippen molar-refractivity contribution in [2.45, 2.75) is 26.7 Å². The van der Waals surface area contributed by atoms with E-state index in [-0.39, 0.29) is 11.5 Å². The van der Waals surface area contributed by atoms with Gasteiger partial charge in [0.2, 0.25) is 0 Å². The minimum atomic E-state index is -1.15. The van der Waals surface area contributed by atoms with Crippen LogP contribution in [0.5, 0.6) is 0 Å². The number of aliphatic carboxylic acids is 2. The van der Waals surface area contributed by atoms with E-state index in [0.29, 0.717) is 12.0 Å². The molecule has 19 heavy (non-hydrogen) atoms.